The van der Waals surface area contributed by atoms with Crippen molar-refractivity contribution in [2.24, 2.45) is 7.05 Å². The smallest absolute Gasteiger partial charge is 0.256 e. The van der Waals surface area contributed by atoms with E-state index in [9.17, 15) is 0 Å². The monoisotopic (exact) mass is 382 g/mol. The molecule has 0 N–H and O–H groups in total. The van der Waals surface area contributed by atoms with Gasteiger partial charge in [-0.3, -0.25) is 4.98 Å². The van der Waals surface area contributed by atoms with Gasteiger partial charge in [0.1, 0.15) is 5.69 Å². The van der Waals surface area contributed by atoms with Gasteiger partial charge in [-0.15, -0.1) is 0 Å². The summed E-state index contributed by atoms with van der Waals surface area (Å²) in [5.74, 6) is 0.485. The van der Waals surface area contributed by atoms with E-state index in [-0.39, 0.29) is 0 Å². The minimum absolute atomic E-state index is 0.485. The van der Waals surface area contributed by atoms with Crippen LogP contribution in [-0.4, -0.2) is 9.97 Å². The molecule has 0 aliphatic carbocycles. The van der Waals surface area contributed by atoms with E-state index in [2.05, 4.69) is 93.7 Å². The van der Waals surface area contributed by atoms with E-state index in [0.29, 0.717) is 5.92 Å². The molecule has 146 valence electrons. The van der Waals surface area contributed by atoms with Crippen LogP contribution in [-0.2, 0) is 7.05 Å². The van der Waals surface area contributed by atoms with E-state index in [4.69, 9.17) is 4.98 Å². The summed E-state index contributed by atoms with van der Waals surface area (Å²) in [5, 5.41) is 1.16. The van der Waals surface area contributed by atoms with Crippen molar-refractivity contribution in [3.8, 4) is 22.5 Å². The van der Waals surface area contributed by atoms with Gasteiger partial charge in [-0.05, 0) is 72.6 Å². The second-order valence-corrected chi connectivity index (χ2v) is 8.32. The quantitative estimate of drug-likeness (QED) is 0.417. The standard InChI is InChI=1S/C26H28N3/c1-16(2)21-8-10-24(27-14-21)20-7-9-22-25(13-20)28-15-29(6)26(22)23-12-17(3)11-18(4)19(23)5/h7-16H,1-6H3/q+1. The Bertz CT molecular complexity index is 1210. The second kappa shape index (κ2) is 7.40. The Kier molecular flexibility index (Phi) is 4.91. The molecular formula is C26H28N3+. The summed E-state index contributed by atoms with van der Waals surface area (Å²) in [4.78, 5) is 9.39. The predicted molar refractivity (Wildman–Crippen MR) is 120 cm³/mol. The van der Waals surface area contributed by atoms with E-state index in [1.165, 1.54) is 33.5 Å². The first-order valence-corrected chi connectivity index (χ1v) is 10.2. The van der Waals surface area contributed by atoms with Gasteiger partial charge in [0.15, 0.2) is 5.52 Å². The van der Waals surface area contributed by atoms with E-state index in [0.717, 1.165) is 22.2 Å². The molecule has 0 saturated heterocycles. The van der Waals surface area contributed by atoms with Crippen LogP contribution in [0.3, 0.4) is 0 Å². The Hall–Kier alpha value is -3.07. The summed E-state index contributed by atoms with van der Waals surface area (Å²) >= 11 is 0. The number of rotatable bonds is 3. The zero-order chi connectivity index (χ0) is 20.7. The number of hydrogen-bond acceptors (Lipinski definition) is 2. The highest BCUT2D eigenvalue weighted by Crippen LogP contribution is 2.31. The molecule has 0 aliphatic rings. The van der Waals surface area contributed by atoms with Gasteiger partial charge in [0.2, 0.25) is 0 Å². The van der Waals surface area contributed by atoms with Gasteiger partial charge in [-0.25, -0.2) is 4.57 Å². The molecule has 3 heteroatoms. The molecule has 0 aliphatic heterocycles. The molecule has 4 aromatic rings. The molecular weight excluding hydrogens is 354 g/mol. The fraction of sp³-hybridized carbons (Fsp3) is 0.269. The Labute approximate surface area is 173 Å². The molecule has 0 fully saturated rings. The van der Waals surface area contributed by atoms with Crippen LogP contribution in [0, 0.1) is 20.8 Å². The third-order valence-electron chi connectivity index (χ3n) is 5.79. The van der Waals surface area contributed by atoms with E-state index < -0.39 is 0 Å². The first-order valence-electron chi connectivity index (χ1n) is 10.2. The number of aryl methyl sites for hydroxylation is 3. The minimum Gasteiger partial charge on any atom is -0.256 e. The molecule has 2 heterocycles. The summed E-state index contributed by atoms with van der Waals surface area (Å²) in [7, 11) is 2.07. The maximum absolute atomic E-state index is 4.71. The Morgan fingerprint density at radius 2 is 1.69 bits per heavy atom. The summed E-state index contributed by atoms with van der Waals surface area (Å²) in [6, 6.07) is 15.3. The van der Waals surface area contributed by atoms with Crippen LogP contribution < -0.4 is 4.57 Å². The minimum atomic E-state index is 0.485. The average Bonchev–Trinajstić information content (AvgIpc) is 2.70. The summed E-state index contributed by atoms with van der Waals surface area (Å²) in [6.07, 6.45) is 3.89. The normalized spacial score (nSPS) is 11.4. The Morgan fingerprint density at radius 1 is 0.897 bits per heavy atom. The predicted octanol–water partition coefficient (Wildman–Crippen LogP) is 5.84. The lowest BCUT2D eigenvalue weighted by Gasteiger charge is -2.12. The van der Waals surface area contributed by atoms with Gasteiger partial charge >= 0.3 is 0 Å². The number of benzene rings is 2. The van der Waals surface area contributed by atoms with Crippen molar-refractivity contribution in [1.29, 1.82) is 0 Å². The van der Waals surface area contributed by atoms with Crippen LogP contribution in [0.5, 0.6) is 0 Å². The number of fused-ring (bicyclic) bond motifs is 1. The molecule has 0 radical (unpaired) electrons. The van der Waals surface area contributed by atoms with Crippen LogP contribution in [0.15, 0.2) is 55.0 Å². The SMILES string of the molecule is Cc1cc(C)c(C)c(-c2c3ccc(-c4ccc(C(C)C)cn4)cc3nc[n+]2C)c1. The maximum atomic E-state index is 4.71. The van der Waals surface area contributed by atoms with Gasteiger partial charge in [0, 0.05) is 17.3 Å². The molecule has 0 bridgehead atoms. The Morgan fingerprint density at radius 3 is 2.38 bits per heavy atom. The third kappa shape index (κ3) is 3.53. The number of hydrogen-bond donors (Lipinski definition) is 0. The zero-order valence-corrected chi connectivity index (χ0v) is 18.1. The topological polar surface area (TPSA) is 29.7 Å². The number of aromatic nitrogens is 3. The molecule has 29 heavy (non-hydrogen) atoms. The van der Waals surface area contributed by atoms with Crippen LogP contribution >= 0.6 is 0 Å². The van der Waals surface area contributed by atoms with Crippen LogP contribution in [0.4, 0.5) is 0 Å². The van der Waals surface area contributed by atoms with Gasteiger partial charge < -0.3 is 0 Å². The van der Waals surface area contributed by atoms with Crippen molar-refractivity contribution in [3.05, 3.63) is 77.2 Å². The highest BCUT2D eigenvalue weighted by Gasteiger charge is 2.18. The molecule has 2 aromatic carbocycles. The van der Waals surface area contributed by atoms with Crippen molar-refractivity contribution in [2.45, 2.75) is 40.5 Å². The van der Waals surface area contributed by atoms with Gasteiger partial charge in [-0.1, -0.05) is 37.6 Å². The highest BCUT2D eigenvalue weighted by molar-refractivity contribution is 5.93. The number of nitrogens with zero attached hydrogens (tertiary/aromatic N) is 3. The largest absolute Gasteiger partial charge is 0.287 e. The molecule has 0 saturated carbocycles. The van der Waals surface area contributed by atoms with Gasteiger partial charge in [0.05, 0.1) is 18.1 Å². The number of pyridine rings is 1. The molecule has 0 amide bonds. The van der Waals surface area contributed by atoms with Crippen molar-refractivity contribution < 1.29 is 4.57 Å². The second-order valence-electron chi connectivity index (χ2n) is 8.32. The summed E-state index contributed by atoms with van der Waals surface area (Å²) in [5.41, 5.74) is 10.7. The van der Waals surface area contributed by atoms with Crippen LogP contribution in [0.25, 0.3) is 33.4 Å². The van der Waals surface area contributed by atoms with Crippen LogP contribution in [0.1, 0.15) is 42.0 Å². The van der Waals surface area contributed by atoms with Crippen molar-refractivity contribution in [3.63, 3.8) is 0 Å². The average molecular weight is 383 g/mol. The van der Waals surface area contributed by atoms with Crippen molar-refractivity contribution in [1.82, 2.24) is 9.97 Å². The maximum Gasteiger partial charge on any atom is 0.287 e. The summed E-state index contributed by atoms with van der Waals surface area (Å²) in [6.45, 7) is 10.9. The first-order chi connectivity index (χ1) is 13.8. The molecule has 2 aromatic heterocycles. The lowest BCUT2D eigenvalue weighted by Crippen LogP contribution is -2.32. The third-order valence-corrected chi connectivity index (χ3v) is 5.79. The van der Waals surface area contributed by atoms with E-state index >= 15 is 0 Å². The Balaban J connectivity index is 1.88. The zero-order valence-electron chi connectivity index (χ0n) is 18.1. The lowest BCUT2D eigenvalue weighted by atomic mass is 9.95. The van der Waals surface area contributed by atoms with Gasteiger partial charge in [-0.2, -0.15) is 0 Å². The lowest BCUT2D eigenvalue weighted by molar-refractivity contribution is -0.662. The molecule has 0 unspecified atom stereocenters. The summed E-state index contributed by atoms with van der Waals surface area (Å²) < 4.78 is 2.12. The molecule has 4 rings (SSSR count). The molecule has 0 spiro atoms. The van der Waals surface area contributed by atoms with E-state index in [1.54, 1.807) is 0 Å². The van der Waals surface area contributed by atoms with Gasteiger partial charge in [0.25, 0.3) is 6.33 Å². The fourth-order valence-electron chi connectivity index (χ4n) is 3.93. The van der Waals surface area contributed by atoms with Crippen molar-refractivity contribution >= 4 is 10.9 Å². The van der Waals surface area contributed by atoms with Crippen molar-refractivity contribution in [2.75, 3.05) is 0 Å². The fourth-order valence-corrected chi connectivity index (χ4v) is 3.93. The molecule has 0 atom stereocenters. The molecule has 3 nitrogen and oxygen atoms in total. The van der Waals surface area contributed by atoms with Crippen LogP contribution in [0.2, 0.25) is 0 Å². The first kappa shape index (κ1) is 19.3. The highest BCUT2D eigenvalue weighted by atomic mass is 15.0. The van der Waals surface area contributed by atoms with E-state index in [1.807, 2.05) is 12.5 Å².